The highest BCUT2D eigenvalue weighted by Gasteiger charge is 2.03. The summed E-state index contributed by atoms with van der Waals surface area (Å²) in [6, 6.07) is 1.94. The molecule has 1 aromatic heterocycles. The number of methoxy groups -OCH3 is 1. The molecule has 0 aliphatic rings. The molecule has 2 N–H and O–H groups in total. The van der Waals surface area contributed by atoms with E-state index in [4.69, 9.17) is 9.47 Å². The van der Waals surface area contributed by atoms with Crippen LogP contribution in [0, 0.1) is 0 Å². The molecule has 7 heteroatoms. The van der Waals surface area contributed by atoms with E-state index in [1.165, 1.54) is 0 Å². The summed E-state index contributed by atoms with van der Waals surface area (Å²) in [5.41, 5.74) is 0. The van der Waals surface area contributed by atoms with E-state index in [0.717, 1.165) is 49.3 Å². The van der Waals surface area contributed by atoms with Crippen LogP contribution in [0.1, 0.15) is 19.8 Å². The molecule has 1 rings (SSSR count). The van der Waals surface area contributed by atoms with E-state index in [-0.39, 0.29) is 0 Å². The van der Waals surface area contributed by atoms with Crippen molar-refractivity contribution < 1.29 is 9.47 Å². The van der Waals surface area contributed by atoms with Crippen LogP contribution >= 0.6 is 11.8 Å². The Labute approximate surface area is 131 Å². The van der Waals surface area contributed by atoms with Gasteiger partial charge in [-0.05, 0) is 26.0 Å². The van der Waals surface area contributed by atoms with Crippen LogP contribution in [-0.4, -0.2) is 56.2 Å². The first-order valence-corrected chi connectivity index (χ1v) is 8.50. The number of hydrogen-bond donors (Lipinski definition) is 2. The number of rotatable bonds is 12. The third kappa shape index (κ3) is 8.08. The zero-order valence-electron chi connectivity index (χ0n) is 13.1. The van der Waals surface area contributed by atoms with Gasteiger partial charge in [0.05, 0.1) is 13.2 Å². The zero-order chi connectivity index (χ0) is 15.3. The summed E-state index contributed by atoms with van der Waals surface area (Å²) in [5, 5.41) is 7.33. The van der Waals surface area contributed by atoms with Crippen molar-refractivity contribution in [3.63, 3.8) is 0 Å². The van der Waals surface area contributed by atoms with Gasteiger partial charge >= 0.3 is 0 Å². The van der Waals surface area contributed by atoms with Crippen LogP contribution in [0.4, 0.5) is 11.6 Å². The SMILES string of the molecule is CCNc1cc(NCCCCOCCOC)nc(SC)n1. The molecule has 0 unspecified atom stereocenters. The first kappa shape index (κ1) is 18.0. The fourth-order valence-corrected chi connectivity index (χ4v) is 2.05. The zero-order valence-corrected chi connectivity index (χ0v) is 14.0. The molecule has 0 atom stereocenters. The van der Waals surface area contributed by atoms with Gasteiger partial charge in [0, 0.05) is 32.9 Å². The number of nitrogens with one attached hydrogen (secondary N) is 2. The van der Waals surface area contributed by atoms with E-state index >= 15 is 0 Å². The Kier molecular flexibility index (Phi) is 9.94. The van der Waals surface area contributed by atoms with E-state index in [2.05, 4.69) is 27.5 Å². The molecule has 0 aliphatic carbocycles. The molecule has 0 bridgehead atoms. The summed E-state index contributed by atoms with van der Waals surface area (Å²) in [7, 11) is 1.68. The number of unbranched alkanes of at least 4 members (excludes halogenated alkanes) is 1. The number of nitrogens with zero attached hydrogens (tertiary/aromatic N) is 2. The van der Waals surface area contributed by atoms with Gasteiger partial charge in [-0.3, -0.25) is 0 Å². The second-order valence-electron chi connectivity index (χ2n) is 4.39. The Morgan fingerprint density at radius 2 is 1.86 bits per heavy atom. The van der Waals surface area contributed by atoms with Crippen LogP contribution in [0.15, 0.2) is 11.2 Å². The third-order valence-electron chi connectivity index (χ3n) is 2.70. The Balaban J connectivity index is 2.26. The van der Waals surface area contributed by atoms with Crippen molar-refractivity contribution in [2.24, 2.45) is 0 Å². The van der Waals surface area contributed by atoms with Crippen molar-refractivity contribution in [2.45, 2.75) is 24.9 Å². The standard InChI is InChI=1S/C14H26N4O2S/c1-4-15-12-11-13(18-14(17-12)21-3)16-7-5-6-8-20-10-9-19-2/h11H,4-10H2,1-3H3,(H2,15,16,17,18). The van der Waals surface area contributed by atoms with Crippen molar-refractivity contribution in [2.75, 3.05) is 56.9 Å². The largest absolute Gasteiger partial charge is 0.382 e. The van der Waals surface area contributed by atoms with Crippen LogP contribution in [0.3, 0.4) is 0 Å². The summed E-state index contributed by atoms with van der Waals surface area (Å²) < 4.78 is 10.3. The maximum atomic E-state index is 5.42. The van der Waals surface area contributed by atoms with Crippen molar-refractivity contribution in [3.05, 3.63) is 6.07 Å². The minimum absolute atomic E-state index is 0.657. The monoisotopic (exact) mass is 314 g/mol. The quantitative estimate of drug-likeness (QED) is 0.349. The normalized spacial score (nSPS) is 10.6. The molecule has 0 aliphatic heterocycles. The lowest BCUT2D eigenvalue weighted by Crippen LogP contribution is -2.08. The first-order chi connectivity index (χ1) is 10.3. The van der Waals surface area contributed by atoms with Gasteiger partial charge in [0.25, 0.3) is 0 Å². The third-order valence-corrected chi connectivity index (χ3v) is 3.25. The fourth-order valence-electron chi connectivity index (χ4n) is 1.67. The minimum atomic E-state index is 0.657. The predicted octanol–water partition coefficient (Wildman–Crippen LogP) is 2.49. The molecule has 1 aromatic rings. The van der Waals surface area contributed by atoms with E-state index < -0.39 is 0 Å². The summed E-state index contributed by atoms with van der Waals surface area (Å²) in [6.45, 7) is 5.88. The Bertz CT molecular complexity index is 393. The van der Waals surface area contributed by atoms with Gasteiger partial charge in [-0.2, -0.15) is 0 Å². The average Bonchev–Trinajstić information content (AvgIpc) is 2.50. The minimum Gasteiger partial charge on any atom is -0.382 e. The summed E-state index contributed by atoms with van der Waals surface area (Å²) >= 11 is 1.54. The van der Waals surface area contributed by atoms with Gasteiger partial charge in [-0.25, -0.2) is 9.97 Å². The molecule has 1 heterocycles. The number of anilines is 2. The Morgan fingerprint density at radius 1 is 1.10 bits per heavy atom. The Morgan fingerprint density at radius 3 is 2.52 bits per heavy atom. The molecule has 0 spiro atoms. The lowest BCUT2D eigenvalue weighted by molar-refractivity contribution is 0.0691. The lowest BCUT2D eigenvalue weighted by Gasteiger charge is -2.09. The summed E-state index contributed by atoms with van der Waals surface area (Å²) in [6.07, 6.45) is 4.05. The van der Waals surface area contributed by atoms with Gasteiger partial charge in [0.1, 0.15) is 11.6 Å². The highest BCUT2D eigenvalue weighted by Crippen LogP contribution is 2.17. The summed E-state index contributed by atoms with van der Waals surface area (Å²) in [5.74, 6) is 1.73. The number of aromatic nitrogens is 2. The molecular formula is C14H26N4O2S. The number of ether oxygens (including phenoxy) is 2. The van der Waals surface area contributed by atoms with E-state index in [1.54, 1.807) is 18.9 Å². The molecule has 0 radical (unpaired) electrons. The molecule has 6 nitrogen and oxygen atoms in total. The van der Waals surface area contributed by atoms with Crippen molar-refractivity contribution in [1.82, 2.24) is 9.97 Å². The van der Waals surface area contributed by atoms with Crippen molar-refractivity contribution in [1.29, 1.82) is 0 Å². The van der Waals surface area contributed by atoms with Crippen LogP contribution < -0.4 is 10.6 Å². The number of hydrogen-bond acceptors (Lipinski definition) is 7. The Hall–Kier alpha value is -1.05. The van der Waals surface area contributed by atoms with Crippen molar-refractivity contribution >= 4 is 23.4 Å². The van der Waals surface area contributed by atoms with E-state index in [9.17, 15) is 0 Å². The lowest BCUT2D eigenvalue weighted by atomic mass is 10.3. The van der Waals surface area contributed by atoms with E-state index in [0.29, 0.717) is 13.2 Å². The highest BCUT2D eigenvalue weighted by atomic mass is 32.2. The second-order valence-corrected chi connectivity index (χ2v) is 5.17. The predicted molar refractivity (Wildman–Crippen MR) is 88.4 cm³/mol. The second kappa shape index (κ2) is 11.6. The number of thioether (sulfide) groups is 1. The van der Waals surface area contributed by atoms with Crippen LogP contribution in [0.5, 0.6) is 0 Å². The van der Waals surface area contributed by atoms with Crippen molar-refractivity contribution in [3.8, 4) is 0 Å². The summed E-state index contributed by atoms with van der Waals surface area (Å²) in [4.78, 5) is 8.84. The fraction of sp³-hybridized carbons (Fsp3) is 0.714. The van der Waals surface area contributed by atoms with Gasteiger partial charge in [-0.15, -0.1) is 0 Å². The molecule has 120 valence electrons. The van der Waals surface area contributed by atoms with Gasteiger partial charge in [0.15, 0.2) is 5.16 Å². The topological polar surface area (TPSA) is 68.3 Å². The van der Waals surface area contributed by atoms with Gasteiger partial charge in [-0.1, -0.05) is 11.8 Å². The smallest absolute Gasteiger partial charge is 0.191 e. The highest BCUT2D eigenvalue weighted by molar-refractivity contribution is 7.98. The first-order valence-electron chi connectivity index (χ1n) is 7.27. The van der Waals surface area contributed by atoms with Crippen LogP contribution in [0.2, 0.25) is 0 Å². The van der Waals surface area contributed by atoms with Gasteiger partial charge in [0.2, 0.25) is 0 Å². The van der Waals surface area contributed by atoms with Crippen LogP contribution in [-0.2, 0) is 9.47 Å². The molecule has 0 saturated carbocycles. The molecule has 0 aromatic carbocycles. The van der Waals surface area contributed by atoms with Crippen LogP contribution in [0.25, 0.3) is 0 Å². The maximum absolute atomic E-state index is 5.42. The molecule has 21 heavy (non-hydrogen) atoms. The molecular weight excluding hydrogens is 288 g/mol. The maximum Gasteiger partial charge on any atom is 0.191 e. The molecule has 0 saturated heterocycles. The average molecular weight is 314 g/mol. The molecule has 0 fully saturated rings. The van der Waals surface area contributed by atoms with Gasteiger partial charge < -0.3 is 20.1 Å². The molecule has 0 amide bonds. The van der Waals surface area contributed by atoms with E-state index in [1.807, 2.05) is 12.3 Å².